The van der Waals surface area contributed by atoms with Crippen LogP contribution < -0.4 is 21.3 Å². The van der Waals surface area contributed by atoms with Gasteiger partial charge in [0.15, 0.2) is 0 Å². The minimum atomic E-state index is -1.06. The highest BCUT2D eigenvalue weighted by atomic mass is 35.5. The molecule has 16 nitrogen and oxygen atoms in total. The Balaban J connectivity index is 0.897. The number of amides is 3. The normalized spacial score (nSPS) is 28.7. The molecular weight excluding hydrogens is 763 g/mol. The third-order valence-electron chi connectivity index (χ3n) is 11.7. The molecule has 5 fully saturated rings. The van der Waals surface area contributed by atoms with E-state index in [4.69, 9.17) is 35.6 Å². The van der Waals surface area contributed by atoms with Gasteiger partial charge in [-0.05, 0) is 81.0 Å². The lowest BCUT2D eigenvalue weighted by molar-refractivity contribution is -0.365. The van der Waals surface area contributed by atoms with Crippen LogP contribution in [-0.4, -0.2) is 87.4 Å². The maximum Gasteiger partial charge on any atom is 0.407 e. The topological polar surface area (TPSA) is 189 Å². The van der Waals surface area contributed by atoms with Gasteiger partial charge in [0.1, 0.15) is 29.8 Å². The molecule has 306 valence electrons. The Morgan fingerprint density at radius 2 is 1.93 bits per heavy atom. The van der Waals surface area contributed by atoms with Gasteiger partial charge in [0.05, 0.1) is 6.04 Å². The maximum absolute atomic E-state index is 14.6. The van der Waals surface area contributed by atoms with Crippen molar-refractivity contribution in [3.63, 3.8) is 0 Å². The van der Waals surface area contributed by atoms with E-state index in [0.717, 1.165) is 43.7 Å². The molecule has 3 aromatic rings. The van der Waals surface area contributed by atoms with E-state index in [2.05, 4.69) is 36.2 Å². The van der Waals surface area contributed by atoms with E-state index in [1.54, 1.807) is 17.0 Å². The molecule has 2 spiro atoms. The first-order valence-electron chi connectivity index (χ1n) is 19.7. The Labute approximate surface area is 334 Å². The summed E-state index contributed by atoms with van der Waals surface area (Å²) in [5.41, 5.74) is 1.17. The molecule has 2 saturated heterocycles. The molecule has 0 radical (unpaired) electrons. The summed E-state index contributed by atoms with van der Waals surface area (Å²) in [5.74, 6) is -1.44. The largest absolute Gasteiger partial charge is 0.446 e. The number of alkyl carbamates (subject to hydrolysis) is 1. The summed E-state index contributed by atoms with van der Waals surface area (Å²) in [6.07, 6.45) is 9.94. The van der Waals surface area contributed by atoms with Crippen LogP contribution in [0, 0.1) is 30.5 Å². The lowest BCUT2D eigenvalue weighted by Crippen LogP contribution is -2.48. The molecule has 3 aliphatic carbocycles. The van der Waals surface area contributed by atoms with Gasteiger partial charge in [-0.25, -0.2) is 19.2 Å². The summed E-state index contributed by atoms with van der Waals surface area (Å²) in [4.78, 5) is 63.9. The highest BCUT2D eigenvalue weighted by molar-refractivity contribution is 6.30. The third-order valence-corrected chi connectivity index (χ3v) is 12.0. The van der Waals surface area contributed by atoms with Gasteiger partial charge in [0.2, 0.25) is 23.4 Å². The summed E-state index contributed by atoms with van der Waals surface area (Å²) < 4.78 is 34.2. The molecule has 57 heavy (non-hydrogen) atoms. The van der Waals surface area contributed by atoms with Crippen molar-refractivity contribution < 1.29 is 42.8 Å². The van der Waals surface area contributed by atoms with Gasteiger partial charge in [0, 0.05) is 87.4 Å². The van der Waals surface area contributed by atoms with E-state index in [-0.39, 0.29) is 47.5 Å². The summed E-state index contributed by atoms with van der Waals surface area (Å²) in [5, 5.41) is 12.0. The van der Waals surface area contributed by atoms with Gasteiger partial charge in [-0.3, -0.25) is 14.2 Å². The number of aromatic nitrogens is 4. The molecule has 0 unspecified atom stereocenters. The number of rotatable bonds is 11. The van der Waals surface area contributed by atoms with E-state index in [1.807, 2.05) is 6.92 Å². The zero-order valence-electron chi connectivity index (χ0n) is 31.9. The van der Waals surface area contributed by atoms with Gasteiger partial charge in [-0.2, -0.15) is 14.8 Å². The molecule has 4 N–H and O–H groups in total. The minimum absolute atomic E-state index is 0.0681. The van der Waals surface area contributed by atoms with E-state index in [0.29, 0.717) is 62.3 Å². The number of anilines is 1. The predicted octanol–water partition coefficient (Wildman–Crippen LogP) is 5.05. The number of halogens is 2. The molecule has 2 bridgehead atoms. The third kappa shape index (κ3) is 8.87. The molecule has 3 saturated carbocycles. The van der Waals surface area contributed by atoms with Crippen LogP contribution in [0.25, 0.3) is 5.82 Å². The summed E-state index contributed by atoms with van der Waals surface area (Å²) in [6, 6.07) is 3.20. The minimum Gasteiger partial charge on any atom is -0.446 e. The van der Waals surface area contributed by atoms with Crippen molar-refractivity contribution >= 4 is 35.5 Å². The molecule has 3 amide bonds. The van der Waals surface area contributed by atoms with Crippen molar-refractivity contribution in [1.82, 2.24) is 35.5 Å². The van der Waals surface area contributed by atoms with Gasteiger partial charge in [-0.15, -0.1) is 0 Å². The Hall–Kier alpha value is -4.42. The van der Waals surface area contributed by atoms with E-state index in [9.17, 15) is 18.8 Å². The smallest absolute Gasteiger partial charge is 0.407 e. The number of hydrogen-bond acceptors (Lipinski definition) is 12. The fourth-order valence-electron chi connectivity index (χ4n) is 9.11. The van der Waals surface area contributed by atoms with Crippen molar-refractivity contribution in [3.8, 4) is 5.82 Å². The Kier molecular flexibility index (Phi) is 11.4. The van der Waals surface area contributed by atoms with Crippen molar-refractivity contribution in [1.29, 1.82) is 0 Å². The lowest BCUT2D eigenvalue weighted by Gasteiger charge is -2.38. The molecule has 5 aliphatic rings. The number of fused-ring (bicyclic) bond motifs is 3. The molecule has 2 aliphatic heterocycles. The zero-order chi connectivity index (χ0) is 39.7. The number of carbonyl (C=O) groups excluding carboxylic acids is 3. The second kappa shape index (κ2) is 16.4. The number of hydrogen-bond donors (Lipinski definition) is 4. The number of nitrogens with one attached hydrogen (secondary N) is 4. The molecule has 1 aromatic carbocycles. The molecule has 18 heteroatoms. The summed E-state index contributed by atoms with van der Waals surface area (Å²) in [7, 11) is 0. The van der Waals surface area contributed by atoms with Gasteiger partial charge in [0.25, 0.3) is 5.91 Å². The molecule has 8 rings (SSSR count). The summed E-state index contributed by atoms with van der Waals surface area (Å²) >= 11 is 6.21. The number of benzene rings is 1. The van der Waals surface area contributed by atoms with Gasteiger partial charge >= 0.3 is 6.09 Å². The molecule has 7 atom stereocenters. The average Bonchev–Trinajstić information content (AvgIpc) is 3.97. The Morgan fingerprint density at radius 3 is 2.72 bits per heavy atom. The van der Waals surface area contributed by atoms with Crippen LogP contribution >= 0.6 is 11.6 Å². The van der Waals surface area contributed by atoms with E-state index >= 15 is 0 Å². The number of aryl methyl sites for hydroxylation is 1. The SMILES string of the molecule is CC(=O)NC[C@@H]1C[C@@H]2C[C@H]1[C@]1(C2)OO[C@]2(CCC[C@H](OC(=O)NC[C@@H](NC(=O)c3cn(-c4nc(NC5CCOCC5)ncc4C)cn3)c3cc(F)cc(Cl)c3)C2)O1. The quantitative estimate of drug-likeness (QED) is 0.189. The first kappa shape index (κ1) is 39.4. The van der Waals surface area contributed by atoms with Crippen molar-refractivity contribution in [2.24, 2.45) is 17.8 Å². The van der Waals surface area contributed by atoms with Crippen LogP contribution in [0.1, 0.15) is 92.4 Å². The van der Waals surface area contributed by atoms with Crippen LogP contribution in [0.5, 0.6) is 0 Å². The van der Waals surface area contributed by atoms with E-state index in [1.165, 1.54) is 25.4 Å². The van der Waals surface area contributed by atoms with Gasteiger partial charge < -0.3 is 35.5 Å². The molecule has 4 heterocycles. The maximum atomic E-state index is 14.6. The van der Waals surface area contributed by atoms with Crippen LogP contribution in [0.15, 0.2) is 36.9 Å². The summed E-state index contributed by atoms with van der Waals surface area (Å²) in [6.45, 7) is 5.13. The number of ether oxygens (including phenoxy) is 3. The van der Waals surface area contributed by atoms with Crippen LogP contribution in [0.4, 0.5) is 15.1 Å². The van der Waals surface area contributed by atoms with Crippen LogP contribution in [0.3, 0.4) is 0 Å². The second-order valence-electron chi connectivity index (χ2n) is 16.0. The zero-order valence-corrected chi connectivity index (χ0v) is 32.7. The Bertz CT molecular complexity index is 1960. The standard InChI is InChI=1S/C39H48ClFN8O8/c1-22-17-43-36(46-29-5-8-53-9-6-29)48-34(22)49-20-33(45-21-49)35(51)47-32(25-12-27(40)14-28(41)13-25)19-44-37(52)54-30-4-3-7-38(16-30)55-39(57-56-38)15-24-10-26(31(39)11-24)18-42-23(2)50/h12-14,17,20-21,24,26,29-32H,3-11,15-16,18-19H2,1-2H3,(H,42,50)(H,44,52)(H,47,51)(H,43,46,48)/t24-,26+,30+,31-,32-,38+,39+/m1/s1. The first-order valence-corrected chi connectivity index (χ1v) is 20.1. The van der Waals surface area contributed by atoms with Crippen LogP contribution in [-0.2, 0) is 28.8 Å². The van der Waals surface area contributed by atoms with Gasteiger partial charge in [-0.1, -0.05) is 11.6 Å². The second-order valence-corrected chi connectivity index (χ2v) is 16.4. The monoisotopic (exact) mass is 810 g/mol. The fraction of sp³-hybridized carbons (Fsp3) is 0.590. The highest BCUT2D eigenvalue weighted by Gasteiger charge is 2.66. The molecule has 2 aromatic heterocycles. The Morgan fingerprint density at radius 1 is 1.09 bits per heavy atom. The van der Waals surface area contributed by atoms with Crippen molar-refractivity contribution in [2.45, 2.75) is 101 Å². The first-order chi connectivity index (χ1) is 27.4. The van der Waals surface area contributed by atoms with Crippen LogP contribution in [0.2, 0.25) is 5.02 Å². The number of carbonyl (C=O) groups is 3. The predicted molar refractivity (Wildman–Crippen MR) is 201 cm³/mol. The van der Waals surface area contributed by atoms with Crippen molar-refractivity contribution in [3.05, 3.63) is 64.6 Å². The highest BCUT2D eigenvalue weighted by Crippen LogP contribution is 2.61. The average molecular weight is 811 g/mol. The fourth-order valence-corrected chi connectivity index (χ4v) is 9.34. The van der Waals surface area contributed by atoms with E-state index < -0.39 is 41.5 Å². The molecular formula is C39H48ClFN8O8. The lowest BCUT2D eigenvalue weighted by atomic mass is 9.83. The van der Waals surface area contributed by atoms with Crippen molar-refractivity contribution in [2.75, 3.05) is 31.6 Å². The number of nitrogens with zero attached hydrogens (tertiary/aromatic N) is 4. The number of imidazole rings is 1.